The summed E-state index contributed by atoms with van der Waals surface area (Å²) >= 11 is 0. The van der Waals surface area contributed by atoms with E-state index in [0.717, 1.165) is 23.0 Å². The number of hydrogen-bond acceptors (Lipinski definition) is 5. The zero-order chi connectivity index (χ0) is 18.0. The van der Waals surface area contributed by atoms with E-state index < -0.39 is 28.3 Å². The fraction of sp³-hybridized carbons (Fsp3) is 0.294. The van der Waals surface area contributed by atoms with Gasteiger partial charge in [-0.3, -0.25) is 13.4 Å². The number of anilines is 3. The van der Waals surface area contributed by atoms with E-state index in [-0.39, 0.29) is 0 Å². The number of benzene rings is 2. The van der Waals surface area contributed by atoms with Gasteiger partial charge in [-0.2, -0.15) is 0 Å². The Morgan fingerprint density at radius 2 is 1.64 bits per heavy atom. The van der Waals surface area contributed by atoms with E-state index in [1.54, 1.807) is 24.3 Å². The minimum Gasteiger partial charge on any atom is -0.317 e. The Kier molecular flexibility index (Phi) is 5.14. The van der Waals surface area contributed by atoms with Crippen LogP contribution in [0.5, 0.6) is 0 Å². The van der Waals surface area contributed by atoms with Gasteiger partial charge < -0.3 is 5.32 Å². The molecule has 0 bridgehead atoms. The molecule has 2 aromatic rings. The summed E-state index contributed by atoms with van der Waals surface area (Å²) in [4.78, 5) is 0. The van der Waals surface area contributed by atoms with Crippen LogP contribution in [0.2, 0.25) is 0 Å². The van der Waals surface area contributed by atoms with Gasteiger partial charge in [-0.25, -0.2) is 13.1 Å². The summed E-state index contributed by atoms with van der Waals surface area (Å²) in [7, 11) is -3.61. The van der Waals surface area contributed by atoms with E-state index in [4.69, 9.17) is 0 Å². The second kappa shape index (κ2) is 7.17. The van der Waals surface area contributed by atoms with Crippen LogP contribution >= 0.6 is 11.0 Å². The van der Waals surface area contributed by atoms with Crippen LogP contribution < -0.4 is 13.9 Å². The van der Waals surface area contributed by atoms with Gasteiger partial charge in [0.1, 0.15) is 5.69 Å². The highest BCUT2D eigenvalue weighted by Gasteiger charge is 2.43. The van der Waals surface area contributed by atoms with Crippen molar-refractivity contribution in [2.75, 3.05) is 28.2 Å². The average molecular weight is 369 g/mol. The molecule has 5 nitrogen and oxygen atoms in total. The molecule has 0 aromatic heterocycles. The fourth-order valence-corrected chi connectivity index (χ4v) is 4.73. The fourth-order valence-electron chi connectivity index (χ4n) is 2.90. The van der Waals surface area contributed by atoms with Crippen LogP contribution in [0.25, 0.3) is 0 Å². The molecule has 2 aromatic carbocycles. The van der Waals surface area contributed by atoms with E-state index >= 15 is 0 Å². The lowest BCUT2D eigenvalue weighted by Gasteiger charge is -2.43. The van der Waals surface area contributed by atoms with Crippen LogP contribution in [-0.4, -0.2) is 28.7 Å². The van der Waals surface area contributed by atoms with E-state index in [0.29, 0.717) is 30.9 Å². The van der Waals surface area contributed by atoms with Gasteiger partial charge in [-0.15, -0.1) is 0 Å². The lowest BCUT2D eigenvalue weighted by molar-refractivity contribution is 0.480. The highest BCUT2D eigenvalue weighted by atomic mass is 32.3. The molecule has 136 valence electrons. The van der Waals surface area contributed by atoms with E-state index in [2.05, 4.69) is 5.32 Å². The third-order valence-electron chi connectivity index (χ3n) is 4.02. The Balaban J connectivity index is 2.02. The Labute approximate surface area is 147 Å². The number of nitrogens with zero attached hydrogens (tertiary/aromatic N) is 2. The molecule has 3 rings (SSSR count). The molecule has 0 unspecified atom stereocenters. The van der Waals surface area contributed by atoms with Gasteiger partial charge in [-0.05, 0) is 54.7 Å². The molecule has 3 N–H and O–H groups in total. The molecule has 0 saturated heterocycles. The maximum Gasteiger partial charge on any atom is 0.151 e. The molecule has 0 fully saturated rings. The predicted molar refractivity (Wildman–Crippen MR) is 98.3 cm³/mol. The predicted octanol–water partition coefficient (Wildman–Crippen LogP) is 4.50. The average Bonchev–Trinajstić information content (AvgIpc) is 2.79. The quantitative estimate of drug-likeness (QED) is 0.655. The number of rotatable bonds is 6. The molecule has 8 heteroatoms. The molecule has 1 aliphatic rings. The number of halogens is 2. The molecule has 0 amide bonds. The summed E-state index contributed by atoms with van der Waals surface area (Å²) in [6.45, 7) is 3.86. The van der Waals surface area contributed by atoms with Crippen molar-refractivity contribution in [1.29, 1.82) is 0 Å². The summed E-state index contributed by atoms with van der Waals surface area (Å²) in [5.74, 6) is -1.69. The summed E-state index contributed by atoms with van der Waals surface area (Å²) in [6, 6.07) is 10.2. The minimum atomic E-state index is -3.61. The number of hydrogen-bond donors (Lipinski definition) is 3. The molecule has 1 heterocycles. The van der Waals surface area contributed by atoms with Gasteiger partial charge in [0, 0.05) is 6.54 Å². The second-order valence-electron chi connectivity index (χ2n) is 5.65. The van der Waals surface area contributed by atoms with Gasteiger partial charge in [0.25, 0.3) is 0 Å². The lowest BCUT2D eigenvalue weighted by Crippen LogP contribution is -2.33. The van der Waals surface area contributed by atoms with Crippen molar-refractivity contribution < 1.29 is 17.9 Å². The van der Waals surface area contributed by atoms with Crippen LogP contribution in [0.4, 0.5) is 25.8 Å². The largest absolute Gasteiger partial charge is 0.317 e. The van der Waals surface area contributed by atoms with Crippen molar-refractivity contribution in [3.05, 3.63) is 54.1 Å². The van der Waals surface area contributed by atoms with Crippen molar-refractivity contribution >= 4 is 28.0 Å². The van der Waals surface area contributed by atoms with Gasteiger partial charge in [0.05, 0.1) is 11.4 Å². The maximum absolute atomic E-state index is 14.3. The van der Waals surface area contributed by atoms with E-state index in [1.165, 1.54) is 10.4 Å². The molecule has 25 heavy (non-hydrogen) atoms. The zero-order valence-electron chi connectivity index (χ0n) is 13.8. The Morgan fingerprint density at radius 1 is 1.00 bits per heavy atom. The van der Waals surface area contributed by atoms with Gasteiger partial charge in [0.15, 0.2) is 11.6 Å². The molecule has 0 radical (unpaired) electrons. The topological polar surface area (TPSA) is 59.0 Å². The monoisotopic (exact) mass is 369 g/mol. The first kappa shape index (κ1) is 17.9. The number of fused-ring (bicyclic) bond motifs is 1. The van der Waals surface area contributed by atoms with Crippen molar-refractivity contribution in [2.45, 2.75) is 13.3 Å². The van der Waals surface area contributed by atoms with Crippen molar-refractivity contribution in [3.63, 3.8) is 0 Å². The highest BCUT2D eigenvalue weighted by molar-refractivity contribution is 8.27. The summed E-state index contributed by atoms with van der Waals surface area (Å²) in [5.41, 5.74) is 0.459. The third-order valence-corrected chi connectivity index (χ3v) is 5.86. The van der Waals surface area contributed by atoms with Crippen molar-refractivity contribution in [1.82, 2.24) is 5.32 Å². The van der Waals surface area contributed by atoms with Gasteiger partial charge in [-0.1, -0.05) is 25.1 Å². The normalized spacial score (nSPS) is 16.8. The third kappa shape index (κ3) is 3.18. The maximum atomic E-state index is 14.3. The molecular formula is C17H21F2N3O2S. The first-order valence-corrected chi connectivity index (χ1v) is 9.54. The van der Waals surface area contributed by atoms with Crippen LogP contribution in [0.3, 0.4) is 0 Å². The van der Waals surface area contributed by atoms with E-state index in [9.17, 15) is 17.9 Å². The summed E-state index contributed by atoms with van der Waals surface area (Å²) in [5, 5.41) is 3.17. The van der Waals surface area contributed by atoms with Crippen LogP contribution in [0, 0.1) is 11.6 Å². The molecule has 0 atom stereocenters. The molecule has 0 saturated carbocycles. The van der Waals surface area contributed by atoms with Crippen molar-refractivity contribution in [3.8, 4) is 0 Å². The van der Waals surface area contributed by atoms with Gasteiger partial charge >= 0.3 is 0 Å². The highest BCUT2D eigenvalue weighted by Crippen LogP contribution is 2.64. The number of nitrogens with one attached hydrogen (secondary N) is 1. The number of para-hydroxylation sites is 3. The summed E-state index contributed by atoms with van der Waals surface area (Å²) in [6.07, 6.45) is 0.658. The molecular weight excluding hydrogens is 348 g/mol. The van der Waals surface area contributed by atoms with E-state index in [1.807, 2.05) is 6.92 Å². The Bertz CT molecular complexity index is 740. The van der Waals surface area contributed by atoms with Crippen LogP contribution in [-0.2, 0) is 0 Å². The SMILES string of the molecule is CCNCCCN1c2ccccc2N(c2c(F)cccc2F)S1(O)O. The minimum absolute atomic E-state index is 0.346. The van der Waals surface area contributed by atoms with Crippen LogP contribution in [0.15, 0.2) is 42.5 Å². The molecule has 0 spiro atoms. The Morgan fingerprint density at radius 3 is 2.28 bits per heavy atom. The summed E-state index contributed by atoms with van der Waals surface area (Å²) < 4.78 is 52.7. The molecule has 0 aliphatic carbocycles. The first-order chi connectivity index (χ1) is 12.0. The zero-order valence-corrected chi connectivity index (χ0v) is 14.6. The van der Waals surface area contributed by atoms with Gasteiger partial charge in [0.2, 0.25) is 0 Å². The first-order valence-electron chi connectivity index (χ1n) is 8.08. The smallest absolute Gasteiger partial charge is 0.151 e. The Hall–Kier alpha value is -1.87. The standard InChI is InChI=1S/C17H21F2N3O2S/c1-2-20-11-6-12-21-15-9-3-4-10-16(15)22(25(21,23)24)17-13(18)7-5-8-14(17)19/h3-5,7-10,20,23-24H,2,6,11-12H2,1H3. The second-order valence-corrected chi connectivity index (χ2v) is 7.44. The molecule has 1 aliphatic heterocycles. The van der Waals surface area contributed by atoms with Crippen molar-refractivity contribution in [2.24, 2.45) is 0 Å². The lowest BCUT2D eigenvalue weighted by atomic mass is 10.2. The van der Waals surface area contributed by atoms with Crippen LogP contribution in [0.1, 0.15) is 13.3 Å².